The molecule has 0 radical (unpaired) electrons. The van der Waals surface area contributed by atoms with Crippen molar-refractivity contribution in [1.82, 2.24) is 9.97 Å². The molecule has 0 atom stereocenters. The van der Waals surface area contributed by atoms with Crippen LogP contribution in [-0.4, -0.2) is 21.6 Å². The first kappa shape index (κ1) is 6.15. The summed E-state index contributed by atoms with van der Waals surface area (Å²) in [6, 6.07) is 0. The molecule has 4 nitrogen and oxygen atoms in total. The molecule has 0 saturated heterocycles. The molecule has 56 valence electrons. The van der Waals surface area contributed by atoms with E-state index in [9.17, 15) is 0 Å². The number of nitrogens with one attached hydrogen (secondary N) is 1. The van der Waals surface area contributed by atoms with Crippen LogP contribution in [0.4, 0.5) is 5.82 Å². The molecule has 1 aliphatic heterocycles. The van der Waals surface area contributed by atoms with Gasteiger partial charge in [0.05, 0.1) is 6.54 Å². The van der Waals surface area contributed by atoms with Crippen LogP contribution in [0.15, 0.2) is 18.2 Å². The van der Waals surface area contributed by atoms with Crippen LogP contribution in [-0.2, 0) is 0 Å². The fraction of sp³-hybridized carbons (Fsp3) is 0.143. The highest BCUT2D eigenvalue weighted by atomic mass is 16.3. The number of aromatic nitrogens is 2. The van der Waals surface area contributed by atoms with E-state index >= 15 is 0 Å². The van der Waals surface area contributed by atoms with E-state index in [2.05, 4.69) is 15.3 Å². The second-order valence-corrected chi connectivity index (χ2v) is 2.28. The third-order valence-corrected chi connectivity index (χ3v) is 1.47. The lowest BCUT2D eigenvalue weighted by Gasteiger charge is -2.11. The van der Waals surface area contributed by atoms with Crippen molar-refractivity contribution in [3.05, 3.63) is 23.8 Å². The van der Waals surface area contributed by atoms with Crippen LogP contribution >= 0.6 is 0 Å². The maximum Gasteiger partial charge on any atom is 0.152 e. The van der Waals surface area contributed by atoms with E-state index < -0.39 is 0 Å². The average Bonchev–Trinajstić information content (AvgIpc) is 2.04. The number of nitrogens with zero attached hydrogens (tertiary/aromatic N) is 2. The fourth-order valence-electron chi connectivity index (χ4n) is 0.974. The van der Waals surface area contributed by atoms with Crippen molar-refractivity contribution >= 4 is 11.9 Å². The molecular weight excluding hydrogens is 142 g/mol. The van der Waals surface area contributed by atoms with Crippen LogP contribution in [0, 0.1) is 0 Å². The lowest BCUT2D eigenvalue weighted by atomic mass is 10.2. The summed E-state index contributed by atoms with van der Waals surface area (Å²) in [7, 11) is 0. The molecule has 0 aliphatic carbocycles. The number of rotatable bonds is 0. The normalized spacial score (nSPS) is 14.7. The SMILES string of the molecule is OC1=Cc2nccnc2NC1. The predicted octanol–water partition coefficient (Wildman–Crippen LogP) is 0.801. The van der Waals surface area contributed by atoms with Gasteiger partial charge in [-0.2, -0.15) is 0 Å². The number of aliphatic hydroxyl groups excluding tert-OH is 1. The molecule has 2 rings (SSSR count). The quantitative estimate of drug-likeness (QED) is 0.572. The molecule has 0 spiro atoms. The Hall–Kier alpha value is -1.58. The Morgan fingerprint density at radius 1 is 1.36 bits per heavy atom. The van der Waals surface area contributed by atoms with Crippen molar-refractivity contribution in [2.45, 2.75) is 0 Å². The van der Waals surface area contributed by atoms with Gasteiger partial charge in [-0.05, 0) is 0 Å². The number of hydrogen-bond donors (Lipinski definition) is 2. The van der Waals surface area contributed by atoms with Crippen molar-refractivity contribution in [3.8, 4) is 0 Å². The van der Waals surface area contributed by atoms with E-state index in [1.165, 1.54) is 0 Å². The number of fused-ring (bicyclic) bond motifs is 1. The van der Waals surface area contributed by atoms with Crippen LogP contribution < -0.4 is 5.32 Å². The van der Waals surface area contributed by atoms with Crippen molar-refractivity contribution in [3.63, 3.8) is 0 Å². The van der Waals surface area contributed by atoms with Gasteiger partial charge in [0.25, 0.3) is 0 Å². The van der Waals surface area contributed by atoms with Gasteiger partial charge in [0.15, 0.2) is 5.82 Å². The van der Waals surface area contributed by atoms with Crippen LogP contribution in [0.1, 0.15) is 5.69 Å². The highest BCUT2D eigenvalue weighted by Gasteiger charge is 2.08. The second kappa shape index (κ2) is 2.23. The summed E-state index contributed by atoms with van der Waals surface area (Å²) in [5.41, 5.74) is 0.691. The summed E-state index contributed by atoms with van der Waals surface area (Å²) < 4.78 is 0. The molecule has 0 aromatic carbocycles. The largest absolute Gasteiger partial charge is 0.510 e. The Bertz CT molecular complexity index is 308. The molecule has 0 saturated carbocycles. The first-order chi connectivity index (χ1) is 5.36. The summed E-state index contributed by atoms with van der Waals surface area (Å²) >= 11 is 0. The van der Waals surface area contributed by atoms with Crippen LogP contribution in [0.5, 0.6) is 0 Å². The molecule has 1 aliphatic rings. The van der Waals surface area contributed by atoms with E-state index in [1.54, 1.807) is 18.5 Å². The summed E-state index contributed by atoms with van der Waals surface area (Å²) in [5, 5.41) is 12.0. The molecule has 0 bridgehead atoms. The zero-order chi connectivity index (χ0) is 7.68. The van der Waals surface area contributed by atoms with Gasteiger partial charge in [-0.15, -0.1) is 0 Å². The minimum atomic E-state index is 0.290. The molecule has 2 N–H and O–H groups in total. The highest BCUT2D eigenvalue weighted by Crippen LogP contribution is 2.16. The van der Waals surface area contributed by atoms with E-state index in [0.717, 1.165) is 5.82 Å². The third kappa shape index (κ3) is 1.02. The highest BCUT2D eigenvalue weighted by molar-refractivity contribution is 5.64. The maximum atomic E-state index is 9.09. The summed E-state index contributed by atoms with van der Waals surface area (Å²) in [6.45, 7) is 0.436. The van der Waals surface area contributed by atoms with Crippen LogP contribution in [0.2, 0.25) is 0 Å². The lowest BCUT2D eigenvalue weighted by Crippen LogP contribution is -2.12. The zero-order valence-electron chi connectivity index (χ0n) is 5.78. The van der Waals surface area contributed by atoms with Gasteiger partial charge in [0.2, 0.25) is 0 Å². The lowest BCUT2D eigenvalue weighted by molar-refractivity contribution is 0.411. The van der Waals surface area contributed by atoms with Crippen LogP contribution in [0.25, 0.3) is 6.08 Å². The van der Waals surface area contributed by atoms with Crippen molar-refractivity contribution < 1.29 is 5.11 Å². The maximum absolute atomic E-state index is 9.09. The summed E-state index contributed by atoms with van der Waals surface area (Å²) in [5.74, 6) is 1.02. The minimum Gasteiger partial charge on any atom is -0.510 e. The van der Waals surface area contributed by atoms with Crippen molar-refractivity contribution in [2.24, 2.45) is 0 Å². The van der Waals surface area contributed by atoms with Crippen LogP contribution in [0.3, 0.4) is 0 Å². The molecule has 1 aromatic rings. The van der Waals surface area contributed by atoms with Gasteiger partial charge < -0.3 is 10.4 Å². The van der Waals surface area contributed by atoms with Gasteiger partial charge in [-0.1, -0.05) is 0 Å². The Morgan fingerprint density at radius 2 is 2.18 bits per heavy atom. The number of aliphatic hydroxyl groups is 1. The van der Waals surface area contributed by atoms with Gasteiger partial charge in [-0.25, -0.2) is 4.98 Å². The molecule has 0 fully saturated rings. The Labute approximate surface area is 63.6 Å². The summed E-state index contributed by atoms with van der Waals surface area (Å²) in [4.78, 5) is 8.03. The van der Waals surface area contributed by atoms with E-state index in [4.69, 9.17) is 5.11 Å². The fourth-order valence-corrected chi connectivity index (χ4v) is 0.974. The molecule has 0 unspecified atom stereocenters. The van der Waals surface area contributed by atoms with Gasteiger partial charge in [0, 0.05) is 18.5 Å². The monoisotopic (exact) mass is 149 g/mol. The first-order valence-corrected chi connectivity index (χ1v) is 3.31. The second-order valence-electron chi connectivity index (χ2n) is 2.28. The van der Waals surface area contributed by atoms with E-state index in [0.29, 0.717) is 12.2 Å². The molecule has 4 heteroatoms. The van der Waals surface area contributed by atoms with Crippen molar-refractivity contribution in [1.29, 1.82) is 0 Å². The zero-order valence-corrected chi connectivity index (χ0v) is 5.78. The van der Waals surface area contributed by atoms with Gasteiger partial charge >= 0.3 is 0 Å². The number of hydrogen-bond acceptors (Lipinski definition) is 4. The Morgan fingerprint density at radius 3 is 3.09 bits per heavy atom. The standard InChI is InChI=1S/C7H7N3O/c11-5-3-6-7(10-4-5)9-2-1-8-6/h1-3,11H,4H2,(H,9,10). The smallest absolute Gasteiger partial charge is 0.152 e. The molecule has 0 amide bonds. The third-order valence-electron chi connectivity index (χ3n) is 1.47. The van der Waals surface area contributed by atoms with E-state index in [1.807, 2.05) is 0 Å². The van der Waals surface area contributed by atoms with E-state index in [-0.39, 0.29) is 5.76 Å². The number of anilines is 1. The molecule has 1 aromatic heterocycles. The molecule has 2 heterocycles. The molecular formula is C7H7N3O. The van der Waals surface area contributed by atoms with Crippen molar-refractivity contribution in [2.75, 3.05) is 11.9 Å². The predicted molar refractivity (Wildman–Crippen MR) is 41.1 cm³/mol. The summed E-state index contributed by atoms with van der Waals surface area (Å²) in [6.07, 6.45) is 4.82. The topological polar surface area (TPSA) is 58.0 Å². The van der Waals surface area contributed by atoms with Gasteiger partial charge in [0.1, 0.15) is 11.5 Å². The Balaban J connectivity index is 2.51. The minimum absolute atomic E-state index is 0.290. The Kier molecular flexibility index (Phi) is 1.25. The average molecular weight is 149 g/mol. The molecule has 11 heavy (non-hydrogen) atoms. The first-order valence-electron chi connectivity index (χ1n) is 3.31. The van der Waals surface area contributed by atoms with Gasteiger partial charge in [-0.3, -0.25) is 4.98 Å².